The van der Waals surface area contributed by atoms with E-state index in [0.29, 0.717) is 30.5 Å². The fraction of sp³-hybridized carbons (Fsp3) is 0.462. The molecule has 1 aliphatic heterocycles. The standard InChI is InChI=1S/C13H18N4O3S/c1-2-14-13(21)16-15-12(19)9-6-11(18)17(7-9)8-10-4-3-5-20-10/h3-5,9H,2,6-8H2,1H3,(H,15,19)(H2,14,16,21). The summed E-state index contributed by atoms with van der Waals surface area (Å²) in [5.41, 5.74) is 5.12. The zero-order chi connectivity index (χ0) is 15.2. The van der Waals surface area contributed by atoms with Crippen molar-refractivity contribution in [2.24, 2.45) is 5.92 Å². The van der Waals surface area contributed by atoms with E-state index in [2.05, 4.69) is 16.2 Å². The van der Waals surface area contributed by atoms with Gasteiger partial charge in [-0.15, -0.1) is 0 Å². The molecule has 7 nitrogen and oxygen atoms in total. The summed E-state index contributed by atoms with van der Waals surface area (Å²) >= 11 is 4.94. The van der Waals surface area contributed by atoms with Gasteiger partial charge in [-0.05, 0) is 31.3 Å². The van der Waals surface area contributed by atoms with E-state index in [1.54, 1.807) is 23.3 Å². The van der Waals surface area contributed by atoms with Crippen LogP contribution in [0.25, 0.3) is 0 Å². The van der Waals surface area contributed by atoms with Gasteiger partial charge in [0, 0.05) is 19.5 Å². The van der Waals surface area contributed by atoms with Gasteiger partial charge >= 0.3 is 0 Å². The van der Waals surface area contributed by atoms with Crippen molar-refractivity contribution in [3.05, 3.63) is 24.2 Å². The maximum atomic E-state index is 12.0. The third-order valence-electron chi connectivity index (χ3n) is 3.15. The Hall–Kier alpha value is -2.09. The minimum atomic E-state index is -0.385. The summed E-state index contributed by atoms with van der Waals surface area (Å²) < 4.78 is 5.21. The van der Waals surface area contributed by atoms with Crippen molar-refractivity contribution in [3.8, 4) is 0 Å². The van der Waals surface area contributed by atoms with Crippen LogP contribution in [-0.4, -0.2) is 34.9 Å². The van der Waals surface area contributed by atoms with Crippen LogP contribution in [0.15, 0.2) is 22.8 Å². The maximum absolute atomic E-state index is 12.0. The van der Waals surface area contributed by atoms with Gasteiger partial charge in [-0.3, -0.25) is 20.4 Å². The van der Waals surface area contributed by atoms with Crippen LogP contribution in [0.3, 0.4) is 0 Å². The van der Waals surface area contributed by atoms with E-state index >= 15 is 0 Å². The molecule has 1 fully saturated rings. The Balaban J connectivity index is 1.81. The van der Waals surface area contributed by atoms with Crippen LogP contribution in [0, 0.1) is 5.92 Å². The number of likely N-dealkylation sites (tertiary alicyclic amines) is 1. The van der Waals surface area contributed by atoms with Crippen molar-refractivity contribution in [1.29, 1.82) is 0 Å². The maximum Gasteiger partial charge on any atom is 0.243 e. The summed E-state index contributed by atoms with van der Waals surface area (Å²) in [7, 11) is 0. The molecule has 2 amide bonds. The molecule has 0 aromatic carbocycles. The third kappa shape index (κ3) is 4.19. The van der Waals surface area contributed by atoms with Crippen molar-refractivity contribution in [3.63, 3.8) is 0 Å². The Morgan fingerprint density at radius 3 is 3.00 bits per heavy atom. The van der Waals surface area contributed by atoms with Crippen molar-refractivity contribution in [2.75, 3.05) is 13.1 Å². The molecule has 0 radical (unpaired) electrons. The molecular weight excluding hydrogens is 292 g/mol. The number of amides is 2. The van der Waals surface area contributed by atoms with E-state index in [0.717, 1.165) is 0 Å². The minimum Gasteiger partial charge on any atom is -0.467 e. The van der Waals surface area contributed by atoms with E-state index in [1.807, 2.05) is 6.92 Å². The molecular formula is C13H18N4O3S. The van der Waals surface area contributed by atoms with Gasteiger partial charge in [0.1, 0.15) is 5.76 Å². The molecule has 2 heterocycles. The summed E-state index contributed by atoms with van der Waals surface area (Å²) in [6, 6.07) is 3.57. The highest BCUT2D eigenvalue weighted by molar-refractivity contribution is 7.80. The van der Waals surface area contributed by atoms with Crippen LogP contribution in [0.1, 0.15) is 19.1 Å². The van der Waals surface area contributed by atoms with E-state index in [1.165, 1.54) is 0 Å². The lowest BCUT2D eigenvalue weighted by Gasteiger charge is -2.15. The molecule has 114 valence electrons. The fourth-order valence-electron chi connectivity index (χ4n) is 2.12. The van der Waals surface area contributed by atoms with Crippen LogP contribution in [0.5, 0.6) is 0 Å². The highest BCUT2D eigenvalue weighted by Crippen LogP contribution is 2.20. The van der Waals surface area contributed by atoms with Crippen LogP contribution in [-0.2, 0) is 16.1 Å². The smallest absolute Gasteiger partial charge is 0.243 e. The van der Waals surface area contributed by atoms with Crippen molar-refractivity contribution >= 4 is 29.1 Å². The van der Waals surface area contributed by atoms with E-state index in [9.17, 15) is 9.59 Å². The number of furan rings is 1. The number of hydrogen-bond donors (Lipinski definition) is 3. The topological polar surface area (TPSA) is 86.6 Å². The molecule has 8 heteroatoms. The number of hydrazine groups is 1. The number of thiocarbonyl (C=S) groups is 1. The van der Waals surface area contributed by atoms with E-state index in [4.69, 9.17) is 16.6 Å². The van der Waals surface area contributed by atoms with Crippen LogP contribution in [0.2, 0.25) is 0 Å². The number of rotatable bonds is 4. The molecule has 0 spiro atoms. The first-order valence-corrected chi connectivity index (χ1v) is 7.14. The Kier molecular flexibility index (Phi) is 5.15. The summed E-state index contributed by atoms with van der Waals surface area (Å²) in [6.45, 7) is 3.33. The molecule has 0 aliphatic carbocycles. The Morgan fingerprint density at radius 2 is 2.33 bits per heavy atom. The SMILES string of the molecule is CCNC(=S)NNC(=O)C1CC(=O)N(Cc2ccco2)C1. The lowest BCUT2D eigenvalue weighted by molar-refractivity contribution is -0.129. The van der Waals surface area contributed by atoms with Crippen molar-refractivity contribution in [1.82, 2.24) is 21.1 Å². The molecule has 1 unspecified atom stereocenters. The summed E-state index contributed by atoms with van der Waals surface area (Å²) in [5.74, 6) is 0.0200. The second-order valence-electron chi connectivity index (χ2n) is 4.73. The average Bonchev–Trinajstić information content (AvgIpc) is 3.08. The fourth-order valence-corrected chi connectivity index (χ4v) is 2.31. The lowest BCUT2D eigenvalue weighted by Crippen LogP contribution is -2.48. The van der Waals surface area contributed by atoms with Gasteiger partial charge < -0.3 is 14.6 Å². The van der Waals surface area contributed by atoms with Crippen molar-refractivity contribution in [2.45, 2.75) is 19.9 Å². The third-order valence-corrected chi connectivity index (χ3v) is 3.40. The first kappa shape index (κ1) is 15.3. The van der Waals surface area contributed by atoms with Gasteiger partial charge in [-0.1, -0.05) is 0 Å². The number of nitrogens with one attached hydrogen (secondary N) is 3. The molecule has 1 aliphatic rings. The van der Waals surface area contributed by atoms with E-state index < -0.39 is 0 Å². The van der Waals surface area contributed by atoms with Crippen LogP contribution in [0.4, 0.5) is 0 Å². The molecule has 2 rings (SSSR count). The van der Waals surface area contributed by atoms with Gasteiger partial charge in [0.25, 0.3) is 0 Å². The van der Waals surface area contributed by atoms with Gasteiger partial charge in [-0.25, -0.2) is 0 Å². The van der Waals surface area contributed by atoms with Crippen molar-refractivity contribution < 1.29 is 14.0 Å². The molecule has 1 saturated heterocycles. The quantitative estimate of drug-likeness (QED) is 0.542. The molecule has 21 heavy (non-hydrogen) atoms. The predicted octanol–water partition coefficient (Wildman–Crippen LogP) is 0.143. The minimum absolute atomic E-state index is 0.0548. The summed E-state index contributed by atoms with van der Waals surface area (Å²) in [4.78, 5) is 25.5. The summed E-state index contributed by atoms with van der Waals surface area (Å²) in [5, 5.41) is 3.20. The second-order valence-corrected chi connectivity index (χ2v) is 5.14. The van der Waals surface area contributed by atoms with Gasteiger partial charge in [-0.2, -0.15) is 0 Å². The highest BCUT2D eigenvalue weighted by Gasteiger charge is 2.34. The van der Waals surface area contributed by atoms with Gasteiger partial charge in [0.2, 0.25) is 11.8 Å². The number of hydrogen-bond acceptors (Lipinski definition) is 4. The first-order chi connectivity index (χ1) is 10.1. The lowest BCUT2D eigenvalue weighted by atomic mass is 10.1. The monoisotopic (exact) mass is 310 g/mol. The molecule has 0 bridgehead atoms. The van der Waals surface area contributed by atoms with Gasteiger partial charge in [0.15, 0.2) is 5.11 Å². The second kappa shape index (κ2) is 7.07. The highest BCUT2D eigenvalue weighted by atomic mass is 32.1. The molecule has 1 aromatic heterocycles. The molecule has 1 atom stereocenters. The Bertz CT molecular complexity index is 517. The predicted molar refractivity (Wildman–Crippen MR) is 79.8 cm³/mol. The largest absolute Gasteiger partial charge is 0.467 e. The number of nitrogens with zero attached hydrogens (tertiary/aromatic N) is 1. The Labute approximate surface area is 128 Å². The zero-order valence-corrected chi connectivity index (χ0v) is 12.5. The molecule has 1 aromatic rings. The normalized spacial score (nSPS) is 17.7. The number of carbonyl (C=O) groups excluding carboxylic acids is 2. The zero-order valence-electron chi connectivity index (χ0n) is 11.7. The number of carbonyl (C=O) groups is 2. The summed E-state index contributed by atoms with van der Waals surface area (Å²) in [6.07, 6.45) is 1.76. The average molecular weight is 310 g/mol. The Morgan fingerprint density at radius 1 is 1.52 bits per heavy atom. The first-order valence-electron chi connectivity index (χ1n) is 6.74. The van der Waals surface area contributed by atoms with E-state index in [-0.39, 0.29) is 24.2 Å². The molecule has 0 saturated carbocycles. The molecule has 3 N–H and O–H groups in total. The van der Waals surface area contributed by atoms with Crippen LogP contribution < -0.4 is 16.2 Å². The van der Waals surface area contributed by atoms with Gasteiger partial charge in [0.05, 0.1) is 18.7 Å². The van der Waals surface area contributed by atoms with Crippen LogP contribution >= 0.6 is 12.2 Å².